The average molecular weight is 891 g/mol. The van der Waals surface area contributed by atoms with Gasteiger partial charge in [-0.15, -0.1) is 0 Å². The number of oxazole rings is 1. The fourth-order valence-electron chi connectivity index (χ4n) is 11.2. The van der Waals surface area contributed by atoms with Gasteiger partial charge in [0.1, 0.15) is 17.0 Å². The predicted molar refractivity (Wildman–Crippen MR) is 281 cm³/mol. The van der Waals surface area contributed by atoms with Gasteiger partial charge in [0.2, 0.25) is 5.89 Å². The number of rotatable bonds is 9. The van der Waals surface area contributed by atoms with Crippen molar-refractivity contribution < 1.29 is 9.52 Å². The Morgan fingerprint density at radius 3 is 2.14 bits per heavy atom. The number of aromatic hydroxyl groups is 1. The van der Waals surface area contributed by atoms with Gasteiger partial charge in [-0.2, -0.15) is 0 Å². The molecule has 0 aliphatic heterocycles. The van der Waals surface area contributed by atoms with Crippen LogP contribution >= 0.6 is 0 Å². The minimum Gasteiger partial charge on any atom is -0.506 e. The molecule has 0 fully saturated rings. The molecule has 0 bridgehead atoms. The number of allylic oxidation sites excluding steroid dienone is 5. The van der Waals surface area contributed by atoms with E-state index < -0.39 is 5.41 Å². The van der Waals surface area contributed by atoms with Crippen LogP contribution in [0.1, 0.15) is 47.1 Å². The highest BCUT2D eigenvalue weighted by Gasteiger charge is 2.54. The van der Waals surface area contributed by atoms with E-state index in [1.54, 1.807) is 6.07 Å². The molecule has 9 aromatic rings. The number of fused-ring (bicyclic) bond motifs is 11. The number of phenolic OH excluding ortho intramolecular Hbond substituents is 1. The molecule has 1 spiro atoms. The van der Waals surface area contributed by atoms with Crippen molar-refractivity contribution in [3.8, 4) is 28.3 Å². The van der Waals surface area contributed by atoms with E-state index in [0.29, 0.717) is 11.6 Å². The molecule has 4 aliphatic rings. The molecule has 69 heavy (non-hydrogen) atoms. The third-order valence-corrected chi connectivity index (χ3v) is 14.2. The van der Waals surface area contributed by atoms with Gasteiger partial charge < -0.3 is 19.3 Å². The lowest BCUT2D eigenvalue weighted by Gasteiger charge is -2.38. The third kappa shape index (κ3) is 6.70. The van der Waals surface area contributed by atoms with E-state index in [1.165, 1.54) is 50.2 Å². The summed E-state index contributed by atoms with van der Waals surface area (Å²) in [4.78, 5) is 14.4. The van der Waals surface area contributed by atoms with Crippen LogP contribution in [-0.2, 0) is 5.41 Å². The van der Waals surface area contributed by atoms with E-state index >= 15 is 0 Å². The van der Waals surface area contributed by atoms with Crippen LogP contribution in [0.15, 0.2) is 245 Å². The Balaban J connectivity index is 0.983. The molecule has 0 saturated carbocycles. The Morgan fingerprint density at radius 1 is 0.609 bits per heavy atom. The molecule has 6 heteroatoms. The van der Waals surface area contributed by atoms with Gasteiger partial charge >= 0.3 is 0 Å². The third-order valence-electron chi connectivity index (χ3n) is 14.2. The lowest BCUT2D eigenvalue weighted by atomic mass is 9.69. The smallest absolute Gasteiger partial charge is 0.227 e. The van der Waals surface area contributed by atoms with Crippen molar-refractivity contribution in [2.75, 3.05) is 9.80 Å². The monoisotopic (exact) mass is 890 g/mol. The maximum absolute atomic E-state index is 10.5. The molecule has 4 aliphatic carbocycles. The molecule has 1 heterocycles. The number of nitrogens with zero attached hydrogens (tertiary/aromatic N) is 4. The topological polar surface area (TPSA) is 65.1 Å². The summed E-state index contributed by atoms with van der Waals surface area (Å²) in [7, 11) is 0. The number of hydrogen-bond acceptors (Lipinski definition) is 6. The highest BCUT2D eigenvalue weighted by molar-refractivity contribution is 6.01. The molecule has 13 rings (SSSR count). The first-order chi connectivity index (χ1) is 34.1. The van der Waals surface area contributed by atoms with Gasteiger partial charge in [0.25, 0.3) is 0 Å². The summed E-state index contributed by atoms with van der Waals surface area (Å²) in [5.41, 5.74) is 19.1. The van der Waals surface area contributed by atoms with Crippen molar-refractivity contribution in [2.45, 2.75) is 30.7 Å². The second-order valence-electron chi connectivity index (χ2n) is 18.1. The van der Waals surface area contributed by atoms with Gasteiger partial charge in [-0.3, -0.25) is 4.99 Å². The van der Waals surface area contributed by atoms with E-state index in [2.05, 4.69) is 191 Å². The Bertz CT molecular complexity index is 3570. The van der Waals surface area contributed by atoms with Crippen molar-refractivity contribution in [2.24, 2.45) is 4.99 Å². The van der Waals surface area contributed by atoms with E-state index in [4.69, 9.17) is 9.40 Å². The maximum Gasteiger partial charge on any atom is 0.227 e. The minimum absolute atomic E-state index is 0.00380. The largest absolute Gasteiger partial charge is 0.506 e. The lowest BCUT2D eigenvalue weighted by Crippen LogP contribution is -2.36. The normalized spacial score (nSPS) is 16.1. The average Bonchev–Trinajstić information content (AvgIpc) is 4.07. The second kappa shape index (κ2) is 16.5. The van der Waals surface area contributed by atoms with Crippen LogP contribution in [-0.4, -0.2) is 22.3 Å². The first-order valence-electron chi connectivity index (χ1n) is 23.8. The Kier molecular flexibility index (Phi) is 9.72. The summed E-state index contributed by atoms with van der Waals surface area (Å²) in [6.07, 6.45) is 16.7. The summed E-state index contributed by atoms with van der Waals surface area (Å²) in [6.45, 7) is 0. The van der Waals surface area contributed by atoms with Gasteiger partial charge in [0.05, 0.1) is 11.5 Å². The fourth-order valence-corrected chi connectivity index (χ4v) is 11.2. The Hall–Kier alpha value is -8.74. The summed E-state index contributed by atoms with van der Waals surface area (Å²) < 4.78 is 6.31. The van der Waals surface area contributed by atoms with Crippen LogP contribution in [0.25, 0.3) is 39.3 Å². The zero-order valence-corrected chi connectivity index (χ0v) is 37.8. The van der Waals surface area contributed by atoms with Crippen LogP contribution in [0, 0.1) is 0 Å². The van der Waals surface area contributed by atoms with Gasteiger partial charge in [-0.1, -0.05) is 140 Å². The fraction of sp³-hybridized carbons (Fsp3) is 0.0794. The molecule has 1 unspecified atom stereocenters. The highest BCUT2D eigenvalue weighted by Crippen LogP contribution is 2.65. The number of aromatic nitrogens is 1. The predicted octanol–water partition coefficient (Wildman–Crippen LogP) is 15.6. The van der Waals surface area contributed by atoms with Crippen LogP contribution < -0.4 is 9.80 Å². The van der Waals surface area contributed by atoms with E-state index in [-0.39, 0.29) is 11.8 Å². The second-order valence-corrected chi connectivity index (χ2v) is 18.1. The first-order valence-corrected chi connectivity index (χ1v) is 23.8. The summed E-state index contributed by atoms with van der Waals surface area (Å²) in [5, 5.41) is 10.5. The molecule has 0 radical (unpaired) electrons. The van der Waals surface area contributed by atoms with E-state index in [1.807, 2.05) is 48.7 Å². The van der Waals surface area contributed by atoms with Gasteiger partial charge in [-0.25, -0.2) is 4.98 Å². The molecule has 8 aromatic carbocycles. The number of anilines is 4. The van der Waals surface area contributed by atoms with Crippen molar-refractivity contribution in [1.82, 2.24) is 4.98 Å². The summed E-state index contributed by atoms with van der Waals surface area (Å²) in [6, 6.07) is 68.1. The van der Waals surface area contributed by atoms with Crippen LogP contribution in [0.5, 0.6) is 5.75 Å². The van der Waals surface area contributed by atoms with Crippen molar-refractivity contribution in [1.29, 1.82) is 0 Å². The van der Waals surface area contributed by atoms with Crippen molar-refractivity contribution >= 4 is 51.3 Å². The van der Waals surface area contributed by atoms with Gasteiger partial charge in [-0.05, 0) is 154 Å². The van der Waals surface area contributed by atoms with Crippen LogP contribution in [0.4, 0.5) is 28.4 Å². The van der Waals surface area contributed by atoms with E-state index in [0.717, 1.165) is 64.2 Å². The quantitative estimate of drug-likeness (QED) is 0.146. The maximum atomic E-state index is 10.5. The molecular formula is C63H46N4O2. The number of benzene rings is 8. The summed E-state index contributed by atoms with van der Waals surface area (Å²) in [5.74, 6) is 0.754. The Labute approximate surface area is 401 Å². The molecule has 1 N–H and O–H groups in total. The van der Waals surface area contributed by atoms with E-state index in [9.17, 15) is 5.11 Å². The molecule has 6 nitrogen and oxygen atoms in total. The highest BCUT2D eigenvalue weighted by atomic mass is 16.3. The number of hydrogen-bond donors (Lipinski definition) is 1. The molecule has 1 aromatic heterocycles. The number of para-hydroxylation sites is 5. The minimum atomic E-state index is -0.583. The van der Waals surface area contributed by atoms with Gasteiger partial charge in [0, 0.05) is 40.2 Å². The molecule has 330 valence electrons. The lowest BCUT2D eigenvalue weighted by molar-refractivity contribution is 0.477. The van der Waals surface area contributed by atoms with Gasteiger partial charge in [0.15, 0.2) is 5.58 Å². The van der Waals surface area contributed by atoms with Crippen molar-refractivity contribution in [3.05, 3.63) is 264 Å². The van der Waals surface area contributed by atoms with Crippen molar-refractivity contribution in [3.63, 3.8) is 0 Å². The zero-order valence-electron chi connectivity index (χ0n) is 37.8. The molecule has 0 saturated heterocycles. The van der Waals surface area contributed by atoms with Crippen LogP contribution in [0.3, 0.4) is 0 Å². The molecule has 1 atom stereocenters. The number of phenols is 1. The molecular weight excluding hydrogens is 845 g/mol. The Morgan fingerprint density at radius 2 is 1.33 bits per heavy atom. The zero-order chi connectivity index (χ0) is 45.9. The SMILES string of the molecule is Oc1ccccc1/N=C/c1cccc(N(C2=CCCC=C2)C2C=C3C(=CC2)c2ccc(N(c4ccccc4)c4cccc(-c5nc6ccccc6o5)c4)cc2C32c3ccccc3-c3ccccc32)c1. The number of aliphatic imine (C=N–C) groups is 1. The first kappa shape index (κ1) is 40.5. The molecule has 0 amide bonds. The standard InChI is InChI=1S/C63H46N4O2/c68-60-31-13-11-29-58(60)64-41-42-17-15-23-46(37-42)66(44-19-3-1-4-20-44)48-33-35-52-53-36-34-49(40-57(53)63(56(52)39-48)54-27-9-7-25-50(54)51-26-8-10-28-55(51)63)67(45-21-5-2-6-22-45)47-24-16-18-43(38-47)62-65-59-30-12-14-32-61(59)69-62/h2-3,5-32,34-41,48,68H,1,4,33H2/b64-41+. The summed E-state index contributed by atoms with van der Waals surface area (Å²) >= 11 is 0. The van der Waals surface area contributed by atoms with Crippen LogP contribution in [0.2, 0.25) is 0 Å².